The molecule has 18 heavy (non-hydrogen) atoms. The fraction of sp³-hybridized carbons (Fsp3) is 0.750. The van der Waals surface area contributed by atoms with Gasteiger partial charge in [0.1, 0.15) is 5.41 Å². The molecule has 1 aromatic rings. The molecule has 1 aliphatic rings. The van der Waals surface area contributed by atoms with Gasteiger partial charge in [-0.2, -0.15) is 4.98 Å². The van der Waals surface area contributed by atoms with Gasteiger partial charge in [0.15, 0.2) is 5.82 Å². The molecule has 1 unspecified atom stereocenters. The zero-order valence-corrected chi connectivity index (χ0v) is 10.9. The molecule has 0 bridgehead atoms. The number of aromatic nitrogens is 2. The summed E-state index contributed by atoms with van der Waals surface area (Å²) in [5.74, 6) is 0.714. The third-order valence-corrected chi connectivity index (χ3v) is 3.06. The minimum absolute atomic E-state index is 0.167. The lowest BCUT2D eigenvalue weighted by molar-refractivity contribution is -0.149. The number of nitrogens with zero attached hydrogens (tertiary/aromatic N) is 2. The normalized spacial score (nSPS) is 20.1. The predicted molar refractivity (Wildman–Crippen MR) is 62.1 cm³/mol. The molecular weight excluding hydrogens is 236 g/mol. The molecule has 0 spiro atoms. The van der Waals surface area contributed by atoms with Gasteiger partial charge < -0.3 is 14.0 Å². The van der Waals surface area contributed by atoms with Gasteiger partial charge in [0, 0.05) is 12.5 Å². The highest BCUT2D eigenvalue weighted by Crippen LogP contribution is 2.27. The van der Waals surface area contributed by atoms with Gasteiger partial charge in [-0.05, 0) is 27.2 Å². The average Bonchev–Trinajstić information content (AvgIpc) is 3.00. The van der Waals surface area contributed by atoms with E-state index in [2.05, 4.69) is 10.1 Å². The summed E-state index contributed by atoms with van der Waals surface area (Å²) in [5.41, 5.74) is -0.916. The molecule has 0 aromatic carbocycles. The van der Waals surface area contributed by atoms with E-state index >= 15 is 0 Å². The van der Waals surface area contributed by atoms with Crippen LogP contribution in [0.25, 0.3) is 0 Å². The van der Waals surface area contributed by atoms with Crippen LogP contribution in [0.3, 0.4) is 0 Å². The van der Waals surface area contributed by atoms with Crippen molar-refractivity contribution < 1.29 is 18.8 Å². The van der Waals surface area contributed by atoms with Gasteiger partial charge in [-0.25, -0.2) is 0 Å². The SMILES string of the molecule is CCOC(=O)C(C)(C)c1nc(C2CCOC2)no1. The van der Waals surface area contributed by atoms with Crippen molar-refractivity contribution in [2.75, 3.05) is 19.8 Å². The van der Waals surface area contributed by atoms with Crippen LogP contribution in [-0.2, 0) is 19.7 Å². The van der Waals surface area contributed by atoms with Crippen molar-refractivity contribution in [3.8, 4) is 0 Å². The monoisotopic (exact) mass is 254 g/mol. The highest BCUT2D eigenvalue weighted by atomic mass is 16.5. The predicted octanol–water partition coefficient (Wildman–Crippen LogP) is 1.41. The van der Waals surface area contributed by atoms with Crippen molar-refractivity contribution in [2.24, 2.45) is 0 Å². The summed E-state index contributed by atoms with van der Waals surface area (Å²) in [7, 11) is 0. The third kappa shape index (κ3) is 2.38. The second-order valence-corrected chi connectivity index (χ2v) is 4.86. The molecule has 0 N–H and O–H groups in total. The maximum absolute atomic E-state index is 11.8. The number of esters is 1. The molecule has 1 fully saturated rings. The Morgan fingerprint density at radius 3 is 2.94 bits per heavy atom. The van der Waals surface area contributed by atoms with Gasteiger partial charge in [0.05, 0.1) is 13.2 Å². The Morgan fingerprint density at radius 1 is 1.56 bits per heavy atom. The maximum atomic E-state index is 11.8. The first-order valence-electron chi connectivity index (χ1n) is 6.14. The molecular formula is C12H18N2O4. The van der Waals surface area contributed by atoms with Crippen LogP contribution in [0.15, 0.2) is 4.52 Å². The van der Waals surface area contributed by atoms with Crippen LogP contribution in [0.4, 0.5) is 0 Å². The molecule has 1 atom stereocenters. The zero-order valence-electron chi connectivity index (χ0n) is 10.9. The van der Waals surface area contributed by atoms with Crippen LogP contribution in [0.2, 0.25) is 0 Å². The van der Waals surface area contributed by atoms with Gasteiger partial charge in [-0.3, -0.25) is 4.79 Å². The largest absolute Gasteiger partial charge is 0.465 e. The fourth-order valence-corrected chi connectivity index (χ4v) is 1.79. The van der Waals surface area contributed by atoms with E-state index in [1.54, 1.807) is 20.8 Å². The summed E-state index contributed by atoms with van der Waals surface area (Å²) in [4.78, 5) is 16.1. The lowest BCUT2D eigenvalue weighted by Gasteiger charge is -2.17. The highest BCUT2D eigenvalue weighted by Gasteiger charge is 2.38. The molecule has 6 heteroatoms. The molecule has 0 aliphatic carbocycles. The second kappa shape index (κ2) is 5.06. The molecule has 1 aliphatic heterocycles. The van der Waals surface area contributed by atoms with E-state index in [9.17, 15) is 4.79 Å². The van der Waals surface area contributed by atoms with Crippen LogP contribution in [0.5, 0.6) is 0 Å². The number of hydrogen-bond acceptors (Lipinski definition) is 6. The quantitative estimate of drug-likeness (QED) is 0.756. The zero-order chi connectivity index (χ0) is 13.2. The fourth-order valence-electron chi connectivity index (χ4n) is 1.79. The van der Waals surface area contributed by atoms with Crippen molar-refractivity contribution in [1.29, 1.82) is 0 Å². The first-order chi connectivity index (χ1) is 8.55. The van der Waals surface area contributed by atoms with Crippen LogP contribution in [-0.4, -0.2) is 35.9 Å². The summed E-state index contributed by atoms with van der Waals surface area (Å²) in [5, 5.41) is 3.93. The molecule has 0 saturated carbocycles. The number of carbonyl (C=O) groups is 1. The Hall–Kier alpha value is -1.43. The lowest BCUT2D eigenvalue weighted by atomic mass is 9.93. The molecule has 6 nitrogen and oxygen atoms in total. The Bertz CT molecular complexity index is 421. The van der Waals surface area contributed by atoms with Crippen molar-refractivity contribution in [3.63, 3.8) is 0 Å². The lowest BCUT2D eigenvalue weighted by Crippen LogP contribution is -2.31. The average molecular weight is 254 g/mol. The molecule has 2 rings (SSSR count). The first kappa shape index (κ1) is 13.0. The summed E-state index contributed by atoms with van der Waals surface area (Å²) >= 11 is 0. The van der Waals surface area contributed by atoms with E-state index in [1.807, 2.05) is 0 Å². The summed E-state index contributed by atoms with van der Waals surface area (Å²) < 4.78 is 15.5. The van der Waals surface area contributed by atoms with Crippen LogP contribution in [0, 0.1) is 0 Å². The van der Waals surface area contributed by atoms with E-state index in [0.29, 0.717) is 24.9 Å². The van der Waals surface area contributed by atoms with Gasteiger partial charge in [-0.1, -0.05) is 5.16 Å². The van der Waals surface area contributed by atoms with Crippen molar-refractivity contribution in [1.82, 2.24) is 10.1 Å². The summed E-state index contributed by atoms with van der Waals surface area (Å²) in [6.07, 6.45) is 0.888. The van der Waals surface area contributed by atoms with Gasteiger partial charge in [0.25, 0.3) is 0 Å². The molecule has 100 valence electrons. The van der Waals surface area contributed by atoms with Crippen LogP contribution >= 0.6 is 0 Å². The third-order valence-electron chi connectivity index (χ3n) is 3.06. The van der Waals surface area contributed by atoms with Crippen molar-refractivity contribution in [3.05, 3.63) is 11.7 Å². The molecule has 0 radical (unpaired) electrons. The molecule has 1 aromatic heterocycles. The Morgan fingerprint density at radius 2 is 2.33 bits per heavy atom. The van der Waals surface area contributed by atoms with Crippen LogP contribution < -0.4 is 0 Å². The van der Waals surface area contributed by atoms with Crippen molar-refractivity contribution >= 4 is 5.97 Å². The maximum Gasteiger partial charge on any atom is 0.321 e. The van der Waals surface area contributed by atoms with E-state index in [1.165, 1.54) is 0 Å². The number of hydrogen-bond donors (Lipinski definition) is 0. The minimum Gasteiger partial charge on any atom is -0.465 e. The Balaban J connectivity index is 2.15. The van der Waals surface area contributed by atoms with Gasteiger partial charge in [-0.15, -0.1) is 0 Å². The van der Waals surface area contributed by atoms with E-state index < -0.39 is 5.41 Å². The molecule has 0 amide bonds. The summed E-state index contributed by atoms with van der Waals surface area (Å²) in [6, 6.07) is 0. The standard InChI is InChI=1S/C12H18N2O4/c1-4-17-11(15)12(2,3)10-13-9(14-18-10)8-5-6-16-7-8/h8H,4-7H2,1-3H3. The van der Waals surface area contributed by atoms with E-state index in [4.69, 9.17) is 14.0 Å². The minimum atomic E-state index is -0.916. The summed E-state index contributed by atoms with van der Waals surface area (Å²) in [6.45, 7) is 6.86. The topological polar surface area (TPSA) is 74.5 Å². The number of ether oxygens (including phenoxy) is 2. The van der Waals surface area contributed by atoms with Gasteiger partial charge in [0.2, 0.25) is 5.89 Å². The molecule has 1 saturated heterocycles. The Kier molecular flexibility index (Phi) is 3.65. The van der Waals surface area contributed by atoms with Crippen molar-refractivity contribution in [2.45, 2.75) is 38.5 Å². The highest BCUT2D eigenvalue weighted by molar-refractivity contribution is 5.80. The smallest absolute Gasteiger partial charge is 0.321 e. The number of rotatable bonds is 4. The Labute approximate surface area is 106 Å². The number of carbonyl (C=O) groups excluding carboxylic acids is 1. The second-order valence-electron chi connectivity index (χ2n) is 4.86. The van der Waals surface area contributed by atoms with Crippen LogP contribution in [0.1, 0.15) is 44.8 Å². The van der Waals surface area contributed by atoms with E-state index in [0.717, 1.165) is 13.0 Å². The van der Waals surface area contributed by atoms with Gasteiger partial charge >= 0.3 is 5.97 Å². The first-order valence-corrected chi connectivity index (χ1v) is 6.14. The molecule has 2 heterocycles. The van der Waals surface area contributed by atoms with E-state index in [-0.39, 0.29) is 11.9 Å².